The molecule has 0 aliphatic carbocycles. The summed E-state index contributed by atoms with van der Waals surface area (Å²) in [7, 11) is 0. The van der Waals surface area contributed by atoms with Crippen LogP contribution in [0.1, 0.15) is 23.5 Å². The largest absolute Gasteiger partial charge is 0.394 e. The quantitative estimate of drug-likeness (QED) is 0.351. The van der Waals surface area contributed by atoms with Crippen LogP contribution in [0.5, 0.6) is 0 Å². The van der Waals surface area contributed by atoms with Gasteiger partial charge < -0.3 is 20.1 Å². The highest BCUT2D eigenvalue weighted by atomic mass is 19.2. The molecule has 0 bridgehead atoms. The summed E-state index contributed by atoms with van der Waals surface area (Å²) in [5.41, 5.74) is 1.56. The van der Waals surface area contributed by atoms with Crippen LogP contribution >= 0.6 is 0 Å². The summed E-state index contributed by atoms with van der Waals surface area (Å²) in [6.45, 7) is 1.32. The Morgan fingerprint density at radius 3 is 2.47 bits per heavy atom. The minimum absolute atomic E-state index is 0.0290. The van der Waals surface area contributed by atoms with E-state index in [1.54, 1.807) is 4.57 Å². The van der Waals surface area contributed by atoms with Gasteiger partial charge in [-0.05, 0) is 36.8 Å². The molecule has 0 amide bonds. The number of halogens is 3. The van der Waals surface area contributed by atoms with Crippen LogP contribution in [0, 0.1) is 24.4 Å². The Bertz CT molecular complexity index is 1370. The molecule has 188 valence electrons. The van der Waals surface area contributed by atoms with Crippen molar-refractivity contribution in [1.29, 1.82) is 0 Å². The van der Waals surface area contributed by atoms with E-state index in [-0.39, 0.29) is 17.1 Å². The van der Waals surface area contributed by atoms with E-state index in [1.165, 1.54) is 12.5 Å². The van der Waals surface area contributed by atoms with Gasteiger partial charge in [-0.3, -0.25) is 4.57 Å². The molecule has 0 spiro atoms. The molecule has 3 N–H and O–H groups in total. The first kappa shape index (κ1) is 24.1. The Kier molecular flexibility index (Phi) is 6.30. The van der Waals surface area contributed by atoms with Gasteiger partial charge in [0.1, 0.15) is 42.5 Å². The normalized spacial score (nSPS) is 24.2. The number of hydrogen-bond donors (Lipinski definition) is 3. The summed E-state index contributed by atoms with van der Waals surface area (Å²) in [6, 6.07) is 7.77. The average Bonchev–Trinajstić information content (AvgIpc) is 3.53. The van der Waals surface area contributed by atoms with E-state index < -0.39 is 54.5 Å². The lowest BCUT2D eigenvalue weighted by Gasteiger charge is -2.41. The molecule has 0 unspecified atom stereocenters. The van der Waals surface area contributed by atoms with Crippen molar-refractivity contribution < 1.29 is 33.2 Å². The van der Waals surface area contributed by atoms with Crippen LogP contribution < -0.4 is 0 Å². The highest BCUT2D eigenvalue weighted by Gasteiger charge is 2.48. The van der Waals surface area contributed by atoms with Gasteiger partial charge in [0, 0.05) is 11.3 Å². The van der Waals surface area contributed by atoms with Crippen LogP contribution in [0.4, 0.5) is 13.2 Å². The van der Waals surface area contributed by atoms with E-state index in [9.17, 15) is 28.5 Å². The summed E-state index contributed by atoms with van der Waals surface area (Å²) in [5.74, 6) is -4.21. The van der Waals surface area contributed by atoms with E-state index >= 15 is 0 Å². The Labute approximate surface area is 202 Å². The van der Waals surface area contributed by atoms with Gasteiger partial charge in [-0.2, -0.15) is 0 Å². The zero-order valence-corrected chi connectivity index (χ0v) is 18.8. The lowest BCUT2D eigenvalue weighted by Crippen LogP contribution is -2.53. The average molecular weight is 502 g/mol. The van der Waals surface area contributed by atoms with Gasteiger partial charge in [0.2, 0.25) is 0 Å². The SMILES string of the molecule is Cc1cccc(-n2cnnc2[C@@H]2O[C@H](CO)[C@H](O)[C@H](n3cc(-c4cc(F)c(F)c(F)c4)nn3)[C@H]2O)c1. The van der Waals surface area contributed by atoms with Gasteiger partial charge in [-0.1, -0.05) is 17.3 Å². The summed E-state index contributed by atoms with van der Waals surface area (Å²) in [4.78, 5) is 0. The van der Waals surface area contributed by atoms with Crippen molar-refractivity contribution in [2.24, 2.45) is 0 Å². The number of hydrogen-bond acceptors (Lipinski definition) is 8. The minimum atomic E-state index is -1.62. The van der Waals surface area contributed by atoms with Crippen molar-refractivity contribution in [3.63, 3.8) is 0 Å². The van der Waals surface area contributed by atoms with Crippen LogP contribution in [0.15, 0.2) is 48.9 Å². The number of aryl methyl sites for hydroxylation is 1. The van der Waals surface area contributed by atoms with Crippen LogP contribution in [-0.4, -0.2) is 70.0 Å². The Hall–Kier alpha value is -3.65. The third-order valence-electron chi connectivity index (χ3n) is 6.10. The third-order valence-corrected chi connectivity index (χ3v) is 6.10. The molecule has 3 heterocycles. The number of benzene rings is 2. The maximum Gasteiger partial charge on any atom is 0.194 e. The molecule has 10 nitrogen and oxygen atoms in total. The minimum Gasteiger partial charge on any atom is -0.394 e. The van der Waals surface area contributed by atoms with Crippen molar-refractivity contribution in [3.05, 3.63) is 77.8 Å². The maximum atomic E-state index is 13.7. The van der Waals surface area contributed by atoms with Crippen molar-refractivity contribution >= 4 is 0 Å². The van der Waals surface area contributed by atoms with Gasteiger partial charge in [0.05, 0.1) is 12.8 Å². The molecule has 4 aromatic rings. The van der Waals surface area contributed by atoms with Gasteiger partial charge in [-0.15, -0.1) is 15.3 Å². The van der Waals surface area contributed by atoms with E-state index in [2.05, 4.69) is 20.5 Å². The van der Waals surface area contributed by atoms with E-state index in [0.29, 0.717) is 5.69 Å². The molecule has 1 aliphatic rings. The summed E-state index contributed by atoms with van der Waals surface area (Å²) in [6.07, 6.45) is -2.49. The van der Waals surface area contributed by atoms with E-state index in [4.69, 9.17) is 4.74 Å². The van der Waals surface area contributed by atoms with Crippen molar-refractivity contribution in [2.75, 3.05) is 6.61 Å². The van der Waals surface area contributed by atoms with Crippen LogP contribution in [0.3, 0.4) is 0 Å². The first-order valence-electron chi connectivity index (χ1n) is 10.9. The standard InChI is InChI=1S/C23H21F3N6O4/c1-11-3-2-4-13(5-11)31-10-27-29-23(31)22-21(35)19(20(34)17(9-33)36-22)32-8-16(28-30-32)12-6-14(24)18(26)15(25)7-12/h2-8,10,17,19-22,33-35H,9H2,1H3/t17-,19+,20+,21-,22-/m1/s1. The van der Waals surface area contributed by atoms with E-state index in [1.807, 2.05) is 31.2 Å². The number of aliphatic hydroxyl groups is 3. The first-order chi connectivity index (χ1) is 17.3. The summed E-state index contributed by atoms with van der Waals surface area (Å²) in [5, 5.41) is 47.7. The predicted molar refractivity (Wildman–Crippen MR) is 117 cm³/mol. The molecule has 1 saturated heterocycles. The fraction of sp³-hybridized carbons (Fsp3) is 0.304. The van der Waals surface area contributed by atoms with Gasteiger partial charge in [0.25, 0.3) is 0 Å². The fourth-order valence-corrected chi connectivity index (χ4v) is 4.30. The van der Waals surface area contributed by atoms with Crippen molar-refractivity contribution in [3.8, 4) is 16.9 Å². The lowest BCUT2D eigenvalue weighted by molar-refractivity contribution is -0.210. The lowest BCUT2D eigenvalue weighted by atomic mass is 9.92. The second kappa shape index (κ2) is 9.43. The highest BCUT2D eigenvalue weighted by molar-refractivity contribution is 5.58. The number of rotatable bonds is 5. The predicted octanol–water partition coefficient (Wildman–Crippen LogP) is 1.65. The molecule has 1 aliphatic heterocycles. The van der Waals surface area contributed by atoms with Crippen LogP contribution in [0.25, 0.3) is 16.9 Å². The van der Waals surface area contributed by atoms with Crippen LogP contribution in [-0.2, 0) is 4.74 Å². The van der Waals surface area contributed by atoms with Crippen molar-refractivity contribution in [2.45, 2.75) is 37.4 Å². The third kappa shape index (κ3) is 4.15. The summed E-state index contributed by atoms with van der Waals surface area (Å²) >= 11 is 0. The number of aliphatic hydroxyl groups excluding tert-OH is 3. The van der Waals surface area contributed by atoms with Gasteiger partial charge >= 0.3 is 0 Å². The number of nitrogens with zero attached hydrogens (tertiary/aromatic N) is 6. The molecule has 1 fully saturated rings. The first-order valence-corrected chi connectivity index (χ1v) is 10.9. The monoisotopic (exact) mass is 502 g/mol. The fourth-order valence-electron chi connectivity index (χ4n) is 4.30. The zero-order chi connectivity index (χ0) is 25.6. The van der Waals surface area contributed by atoms with Crippen molar-refractivity contribution in [1.82, 2.24) is 29.8 Å². The molecular formula is C23H21F3N6O4. The van der Waals surface area contributed by atoms with Gasteiger partial charge in [0.15, 0.2) is 23.3 Å². The molecular weight excluding hydrogens is 481 g/mol. The van der Waals surface area contributed by atoms with Gasteiger partial charge in [-0.25, -0.2) is 17.9 Å². The topological polar surface area (TPSA) is 131 Å². The molecule has 5 atom stereocenters. The van der Waals surface area contributed by atoms with Crippen LogP contribution in [0.2, 0.25) is 0 Å². The molecule has 0 radical (unpaired) electrons. The molecule has 13 heteroatoms. The number of aromatic nitrogens is 6. The smallest absolute Gasteiger partial charge is 0.194 e. The molecule has 0 saturated carbocycles. The Morgan fingerprint density at radius 1 is 1.03 bits per heavy atom. The van der Waals surface area contributed by atoms with E-state index in [0.717, 1.165) is 22.4 Å². The highest BCUT2D eigenvalue weighted by Crippen LogP contribution is 2.38. The number of ether oxygens (including phenoxy) is 1. The second-order valence-corrected chi connectivity index (χ2v) is 8.49. The Morgan fingerprint density at radius 2 is 1.78 bits per heavy atom. The molecule has 2 aromatic carbocycles. The second-order valence-electron chi connectivity index (χ2n) is 8.49. The molecule has 5 rings (SSSR count). The zero-order valence-electron chi connectivity index (χ0n) is 18.8. The molecule has 2 aromatic heterocycles. The maximum absolute atomic E-state index is 13.7. The molecule has 36 heavy (non-hydrogen) atoms. The Balaban J connectivity index is 1.52. The summed E-state index contributed by atoms with van der Waals surface area (Å²) < 4.78 is 49.3.